The van der Waals surface area contributed by atoms with Gasteiger partial charge in [0.25, 0.3) is 0 Å². The molecule has 2 amide bonds. The van der Waals surface area contributed by atoms with E-state index < -0.39 is 17.3 Å². The van der Waals surface area contributed by atoms with Gasteiger partial charge >= 0.3 is 12.0 Å². The topological polar surface area (TPSA) is 78.9 Å². The summed E-state index contributed by atoms with van der Waals surface area (Å²) in [5, 5.41) is 11.2. The van der Waals surface area contributed by atoms with Crippen molar-refractivity contribution in [1.29, 1.82) is 0 Å². The number of benzene rings is 1. The summed E-state index contributed by atoms with van der Waals surface area (Å²) in [5.41, 5.74) is -0.205. The SMILES string of the molecule is O=C(O)c1ccc(NC(=O)N2CCOCC2)cc1F. The molecular formula is C12H13FN2O4. The molecular weight excluding hydrogens is 255 g/mol. The number of nitrogens with one attached hydrogen (secondary N) is 1. The standard InChI is InChI=1S/C12H13FN2O4/c13-10-7-8(1-2-9(10)11(16)17)14-12(18)15-3-5-19-6-4-15/h1-2,7H,3-6H2,(H,14,18)(H,16,17). The van der Waals surface area contributed by atoms with Gasteiger partial charge in [-0.1, -0.05) is 0 Å². The number of carbonyl (C=O) groups excluding carboxylic acids is 1. The molecule has 0 aliphatic carbocycles. The predicted octanol–water partition coefficient (Wildman–Crippen LogP) is 1.39. The highest BCUT2D eigenvalue weighted by atomic mass is 19.1. The quantitative estimate of drug-likeness (QED) is 0.849. The first-order valence-corrected chi connectivity index (χ1v) is 5.74. The molecule has 1 fully saturated rings. The van der Waals surface area contributed by atoms with Gasteiger partial charge in [0.15, 0.2) is 0 Å². The van der Waals surface area contributed by atoms with E-state index in [1.165, 1.54) is 6.07 Å². The summed E-state index contributed by atoms with van der Waals surface area (Å²) in [7, 11) is 0. The van der Waals surface area contributed by atoms with Crippen LogP contribution >= 0.6 is 0 Å². The van der Waals surface area contributed by atoms with Crippen LogP contribution < -0.4 is 5.32 Å². The van der Waals surface area contributed by atoms with Gasteiger partial charge in [-0.3, -0.25) is 0 Å². The van der Waals surface area contributed by atoms with E-state index in [2.05, 4.69) is 5.32 Å². The molecule has 1 aromatic carbocycles. The van der Waals surface area contributed by atoms with E-state index in [9.17, 15) is 14.0 Å². The van der Waals surface area contributed by atoms with Crippen LogP contribution in [0.1, 0.15) is 10.4 Å². The number of urea groups is 1. The average molecular weight is 268 g/mol. The molecule has 1 heterocycles. The maximum Gasteiger partial charge on any atom is 0.338 e. The predicted molar refractivity (Wildman–Crippen MR) is 64.8 cm³/mol. The Labute approximate surface area is 108 Å². The van der Waals surface area contributed by atoms with Crippen LogP contribution in [-0.4, -0.2) is 48.3 Å². The lowest BCUT2D eigenvalue weighted by molar-refractivity contribution is 0.0564. The number of anilines is 1. The van der Waals surface area contributed by atoms with E-state index in [1.54, 1.807) is 4.90 Å². The minimum Gasteiger partial charge on any atom is -0.478 e. The fraction of sp³-hybridized carbons (Fsp3) is 0.333. The van der Waals surface area contributed by atoms with Crippen LogP contribution in [-0.2, 0) is 4.74 Å². The van der Waals surface area contributed by atoms with Crippen molar-refractivity contribution >= 4 is 17.7 Å². The molecule has 0 unspecified atom stereocenters. The number of ether oxygens (including phenoxy) is 1. The van der Waals surface area contributed by atoms with Crippen LogP contribution in [0.15, 0.2) is 18.2 Å². The van der Waals surface area contributed by atoms with Crippen molar-refractivity contribution in [3.63, 3.8) is 0 Å². The highest BCUT2D eigenvalue weighted by Gasteiger charge is 2.17. The number of hydrogen-bond acceptors (Lipinski definition) is 3. The van der Waals surface area contributed by atoms with Crippen molar-refractivity contribution in [1.82, 2.24) is 4.90 Å². The minimum absolute atomic E-state index is 0.221. The molecule has 0 radical (unpaired) electrons. The number of halogens is 1. The third kappa shape index (κ3) is 3.19. The number of carboxylic acid groups (broad SMARTS) is 1. The number of nitrogens with zero attached hydrogens (tertiary/aromatic N) is 1. The number of carboxylic acids is 1. The van der Waals surface area contributed by atoms with Crippen molar-refractivity contribution in [2.45, 2.75) is 0 Å². The first-order valence-electron chi connectivity index (χ1n) is 5.74. The lowest BCUT2D eigenvalue weighted by Gasteiger charge is -2.26. The van der Waals surface area contributed by atoms with Crippen LogP contribution in [0.25, 0.3) is 0 Å². The Morgan fingerprint density at radius 3 is 2.58 bits per heavy atom. The minimum atomic E-state index is -1.34. The monoisotopic (exact) mass is 268 g/mol. The second-order valence-corrected chi connectivity index (χ2v) is 4.03. The molecule has 6 nitrogen and oxygen atoms in total. The number of hydrogen-bond donors (Lipinski definition) is 2. The summed E-state index contributed by atoms with van der Waals surface area (Å²) in [6.45, 7) is 1.89. The number of amides is 2. The molecule has 2 N–H and O–H groups in total. The van der Waals surface area contributed by atoms with Gasteiger partial charge in [0.2, 0.25) is 0 Å². The lowest BCUT2D eigenvalue weighted by Crippen LogP contribution is -2.43. The maximum atomic E-state index is 13.4. The van der Waals surface area contributed by atoms with E-state index in [0.29, 0.717) is 26.3 Å². The molecule has 19 heavy (non-hydrogen) atoms. The number of carbonyl (C=O) groups is 2. The molecule has 0 bridgehead atoms. The van der Waals surface area contributed by atoms with Gasteiger partial charge in [0.05, 0.1) is 18.8 Å². The summed E-state index contributed by atoms with van der Waals surface area (Å²) in [6, 6.07) is 3.10. The zero-order valence-corrected chi connectivity index (χ0v) is 10.1. The summed E-state index contributed by atoms with van der Waals surface area (Å²) in [6.07, 6.45) is 0. The Kier molecular flexibility index (Phi) is 3.96. The highest BCUT2D eigenvalue weighted by Crippen LogP contribution is 2.15. The van der Waals surface area contributed by atoms with E-state index in [-0.39, 0.29) is 11.7 Å². The van der Waals surface area contributed by atoms with Crippen LogP contribution in [0.5, 0.6) is 0 Å². The first-order chi connectivity index (χ1) is 9.08. The van der Waals surface area contributed by atoms with Gasteiger partial charge in [-0.2, -0.15) is 0 Å². The van der Waals surface area contributed by atoms with Gasteiger partial charge in [-0.15, -0.1) is 0 Å². The second-order valence-electron chi connectivity index (χ2n) is 4.03. The largest absolute Gasteiger partial charge is 0.478 e. The molecule has 1 aliphatic rings. The first kappa shape index (κ1) is 13.3. The zero-order chi connectivity index (χ0) is 13.8. The molecule has 0 aromatic heterocycles. The summed E-state index contributed by atoms with van der Waals surface area (Å²) < 4.78 is 18.5. The van der Waals surface area contributed by atoms with Gasteiger partial charge in [-0.05, 0) is 18.2 Å². The van der Waals surface area contributed by atoms with Crippen LogP contribution in [0.4, 0.5) is 14.9 Å². The molecule has 1 saturated heterocycles. The Hall–Kier alpha value is -2.15. The third-order valence-electron chi connectivity index (χ3n) is 2.75. The van der Waals surface area contributed by atoms with Crippen LogP contribution in [0.3, 0.4) is 0 Å². The second kappa shape index (κ2) is 5.66. The molecule has 1 aromatic rings. The fourth-order valence-corrected chi connectivity index (χ4v) is 1.74. The number of rotatable bonds is 2. The van der Waals surface area contributed by atoms with E-state index in [4.69, 9.17) is 9.84 Å². The van der Waals surface area contributed by atoms with Crippen LogP contribution in [0, 0.1) is 5.82 Å². The molecule has 0 saturated carbocycles. The van der Waals surface area contributed by atoms with E-state index in [1.807, 2.05) is 0 Å². The Balaban J connectivity index is 2.04. The summed E-state index contributed by atoms with van der Waals surface area (Å²) >= 11 is 0. The van der Waals surface area contributed by atoms with Crippen molar-refractivity contribution in [2.24, 2.45) is 0 Å². The molecule has 0 spiro atoms. The average Bonchev–Trinajstić information content (AvgIpc) is 2.39. The van der Waals surface area contributed by atoms with Crippen molar-refractivity contribution in [3.05, 3.63) is 29.6 Å². The smallest absolute Gasteiger partial charge is 0.338 e. The fourth-order valence-electron chi connectivity index (χ4n) is 1.74. The van der Waals surface area contributed by atoms with Gasteiger partial charge in [0.1, 0.15) is 5.82 Å². The van der Waals surface area contributed by atoms with E-state index in [0.717, 1.165) is 12.1 Å². The molecule has 0 atom stereocenters. The maximum absolute atomic E-state index is 13.4. The summed E-state index contributed by atoms with van der Waals surface area (Å²) in [5.74, 6) is -2.23. The molecule has 1 aliphatic heterocycles. The number of morpholine rings is 1. The third-order valence-corrected chi connectivity index (χ3v) is 2.75. The summed E-state index contributed by atoms with van der Waals surface area (Å²) in [4.78, 5) is 24.0. The Bertz CT molecular complexity index is 501. The number of aromatic carboxylic acids is 1. The molecule has 7 heteroatoms. The Morgan fingerprint density at radius 1 is 1.32 bits per heavy atom. The molecule has 102 valence electrons. The highest BCUT2D eigenvalue weighted by molar-refractivity contribution is 5.91. The van der Waals surface area contributed by atoms with E-state index >= 15 is 0 Å². The normalized spacial score (nSPS) is 15.1. The molecule has 2 rings (SSSR count). The Morgan fingerprint density at radius 2 is 2.00 bits per heavy atom. The van der Waals surface area contributed by atoms with Crippen LogP contribution in [0.2, 0.25) is 0 Å². The van der Waals surface area contributed by atoms with Gasteiger partial charge < -0.3 is 20.1 Å². The van der Waals surface area contributed by atoms with Gasteiger partial charge in [-0.25, -0.2) is 14.0 Å². The lowest BCUT2D eigenvalue weighted by atomic mass is 10.2. The van der Waals surface area contributed by atoms with Gasteiger partial charge in [0, 0.05) is 18.8 Å². The zero-order valence-electron chi connectivity index (χ0n) is 10.1. The van der Waals surface area contributed by atoms with Crippen molar-refractivity contribution < 1.29 is 23.8 Å². The van der Waals surface area contributed by atoms with Crippen molar-refractivity contribution in [2.75, 3.05) is 31.6 Å². The van der Waals surface area contributed by atoms with Crippen molar-refractivity contribution in [3.8, 4) is 0 Å².